The molecule has 27 heavy (non-hydrogen) atoms. The largest absolute Gasteiger partial charge is 0.465 e. The van der Waals surface area contributed by atoms with E-state index in [1.165, 1.54) is 7.11 Å². The van der Waals surface area contributed by atoms with Crippen molar-refractivity contribution in [3.63, 3.8) is 0 Å². The van der Waals surface area contributed by atoms with Crippen LogP contribution in [0.3, 0.4) is 0 Å². The number of nitrogens with zero attached hydrogens (tertiary/aromatic N) is 4. The van der Waals surface area contributed by atoms with Gasteiger partial charge in [0.15, 0.2) is 5.78 Å². The van der Waals surface area contributed by atoms with E-state index in [0.29, 0.717) is 22.5 Å². The second-order valence-electron chi connectivity index (χ2n) is 6.74. The predicted octanol–water partition coefficient (Wildman–Crippen LogP) is 1.60. The van der Waals surface area contributed by atoms with Gasteiger partial charge in [0, 0.05) is 44.3 Å². The van der Waals surface area contributed by atoms with Crippen LogP contribution < -0.4 is 4.90 Å². The number of hydrogen-bond acceptors (Lipinski definition) is 7. The highest BCUT2D eigenvalue weighted by Crippen LogP contribution is 2.22. The summed E-state index contributed by atoms with van der Waals surface area (Å²) in [5.41, 5.74) is 2.23. The Morgan fingerprint density at radius 2 is 1.89 bits per heavy atom. The first-order valence-electron chi connectivity index (χ1n) is 9.00. The molecule has 0 bridgehead atoms. The first kappa shape index (κ1) is 19.0. The van der Waals surface area contributed by atoms with Gasteiger partial charge in [0.25, 0.3) is 0 Å². The van der Waals surface area contributed by atoms with Gasteiger partial charge < -0.3 is 14.6 Å². The summed E-state index contributed by atoms with van der Waals surface area (Å²) in [6, 6.07) is -0.281. The third-order valence-corrected chi connectivity index (χ3v) is 5.19. The van der Waals surface area contributed by atoms with Crippen LogP contribution in [0, 0.1) is 13.8 Å². The van der Waals surface area contributed by atoms with E-state index in [0.717, 1.165) is 32.0 Å². The van der Waals surface area contributed by atoms with E-state index in [-0.39, 0.29) is 11.8 Å². The number of carbonyl (C=O) groups excluding carboxylic acids is 2. The standard InChI is InChI=1S/C19H25N5O3/c1-12-16(19(26)27-4)13(2)22-17(12)18(25)14(3)23-7-9-24(10-8-23)15-11-20-5-6-21-15/h5-6,11,14,22H,7-10H2,1-4H3. The minimum Gasteiger partial charge on any atom is -0.465 e. The van der Waals surface area contributed by atoms with Gasteiger partial charge in [-0.3, -0.25) is 14.7 Å². The first-order valence-corrected chi connectivity index (χ1v) is 9.00. The van der Waals surface area contributed by atoms with E-state index >= 15 is 0 Å². The molecule has 1 fully saturated rings. The van der Waals surface area contributed by atoms with Gasteiger partial charge in [0.1, 0.15) is 5.82 Å². The molecule has 0 aromatic carbocycles. The molecule has 8 heteroatoms. The molecule has 3 heterocycles. The predicted molar refractivity (Wildman–Crippen MR) is 101 cm³/mol. The highest BCUT2D eigenvalue weighted by molar-refractivity contribution is 6.03. The molecule has 0 amide bonds. The minimum absolute atomic E-state index is 0.0151. The zero-order valence-corrected chi connectivity index (χ0v) is 16.2. The van der Waals surface area contributed by atoms with Crippen LogP contribution in [0.25, 0.3) is 0 Å². The molecule has 1 aliphatic heterocycles. The number of Topliss-reactive ketones (excluding diaryl/α,β-unsaturated/α-hetero) is 1. The van der Waals surface area contributed by atoms with E-state index in [1.807, 2.05) is 6.92 Å². The van der Waals surface area contributed by atoms with Crippen LogP contribution in [0.15, 0.2) is 18.6 Å². The fraction of sp³-hybridized carbons (Fsp3) is 0.474. The lowest BCUT2D eigenvalue weighted by Crippen LogP contribution is -2.52. The summed E-state index contributed by atoms with van der Waals surface area (Å²) in [4.78, 5) is 40.8. The molecule has 1 atom stereocenters. The number of aromatic amines is 1. The Morgan fingerprint density at radius 1 is 1.19 bits per heavy atom. The fourth-order valence-corrected chi connectivity index (χ4v) is 3.57. The number of piperazine rings is 1. The Bertz CT molecular complexity index is 825. The zero-order chi connectivity index (χ0) is 19.6. The summed E-state index contributed by atoms with van der Waals surface area (Å²) < 4.78 is 4.82. The van der Waals surface area contributed by atoms with E-state index in [4.69, 9.17) is 4.74 Å². The van der Waals surface area contributed by atoms with Crippen molar-refractivity contribution < 1.29 is 14.3 Å². The fourth-order valence-electron chi connectivity index (χ4n) is 3.57. The summed E-state index contributed by atoms with van der Waals surface area (Å²) >= 11 is 0. The number of aromatic nitrogens is 3. The lowest BCUT2D eigenvalue weighted by Gasteiger charge is -2.37. The van der Waals surface area contributed by atoms with E-state index < -0.39 is 5.97 Å². The number of rotatable bonds is 5. The molecule has 1 saturated heterocycles. The second-order valence-corrected chi connectivity index (χ2v) is 6.74. The number of methoxy groups -OCH3 is 1. The second kappa shape index (κ2) is 7.87. The summed E-state index contributed by atoms with van der Waals surface area (Å²) in [6.07, 6.45) is 5.09. The number of carbonyl (C=O) groups is 2. The van der Waals surface area contributed by atoms with Gasteiger partial charge in [0.2, 0.25) is 0 Å². The molecule has 2 aromatic heterocycles. The van der Waals surface area contributed by atoms with Gasteiger partial charge >= 0.3 is 5.97 Å². The number of anilines is 1. The molecule has 0 spiro atoms. The van der Waals surface area contributed by atoms with Crippen LogP contribution in [0.4, 0.5) is 5.82 Å². The maximum Gasteiger partial charge on any atom is 0.339 e. The smallest absolute Gasteiger partial charge is 0.339 e. The molecule has 3 rings (SSSR count). The molecule has 0 radical (unpaired) electrons. The quantitative estimate of drug-likeness (QED) is 0.630. The topological polar surface area (TPSA) is 91.4 Å². The van der Waals surface area contributed by atoms with Crippen LogP contribution in [0.1, 0.15) is 39.0 Å². The number of ketones is 1. The molecule has 0 aliphatic carbocycles. The van der Waals surface area contributed by atoms with Crippen LogP contribution in [-0.2, 0) is 4.74 Å². The average Bonchev–Trinajstić information content (AvgIpc) is 3.01. The molecule has 1 N–H and O–H groups in total. The number of nitrogens with one attached hydrogen (secondary N) is 1. The number of hydrogen-bond donors (Lipinski definition) is 1. The number of H-pyrrole nitrogens is 1. The highest BCUT2D eigenvalue weighted by atomic mass is 16.5. The van der Waals surface area contributed by atoms with Gasteiger partial charge in [-0.05, 0) is 26.3 Å². The Balaban J connectivity index is 1.69. The molecule has 144 valence electrons. The molecule has 8 nitrogen and oxygen atoms in total. The SMILES string of the molecule is COC(=O)c1c(C)[nH]c(C(=O)C(C)N2CCN(c3cnccn3)CC2)c1C. The number of ether oxygens (including phenoxy) is 1. The Kier molecular flexibility index (Phi) is 5.55. The molecule has 1 aliphatic rings. The summed E-state index contributed by atoms with van der Waals surface area (Å²) in [5.74, 6) is 0.416. The highest BCUT2D eigenvalue weighted by Gasteiger charge is 2.30. The third-order valence-electron chi connectivity index (χ3n) is 5.19. The van der Waals surface area contributed by atoms with Crippen molar-refractivity contribution in [3.05, 3.63) is 41.1 Å². The Labute approximate surface area is 158 Å². The van der Waals surface area contributed by atoms with Gasteiger partial charge in [-0.1, -0.05) is 0 Å². The third kappa shape index (κ3) is 3.71. The maximum atomic E-state index is 13.0. The van der Waals surface area contributed by atoms with Crippen molar-refractivity contribution in [2.75, 3.05) is 38.2 Å². The van der Waals surface area contributed by atoms with Crippen LogP contribution in [-0.4, -0.2) is 70.9 Å². The van der Waals surface area contributed by atoms with E-state index in [2.05, 4.69) is 24.8 Å². The van der Waals surface area contributed by atoms with Crippen LogP contribution in [0.5, 0.6) is 0 Å². The lowest BCUT2D eigenvalue weighted by atomic mass is 10.0. The minimum atomic E-state index is -0.425. The van der Waals surface area contributed by atoms with Gasteiger partial charge in [-0.2, -0.15) is 0 Å². The molecular formula is C19H25N5O3. The molecule has 2 aromatic rings. The molecule has 0 saturated carbocycles. The Hall–Kier alpha value is -2.74. The molecule has 1 unspecified atom stereocenters. The van der Waals surface area contributed by atoms with Crippen molar-refractivity contribution in [3.8, 4) is 0 Å². The van der Waals surface area contributed by atoms with E-state index in [9.17, 15) is 9.59 Å². The van der Waals surface area contributed by atoms with Crippen LogP contribution in [0.2, 0.25) is 0 Å². The summed E-state index contributed by atoms with van der Waals surface area (Å²) in [5, 5.41) is 0. The van der Waals surface area contributed by atoms with Gasteiger partial charge in [-0.25, -0.2) is 9.78 Å². The van der Waals surface area contributed by atoms with Crippen molar-refractivity contribution in [1.29, 1.82) is 0 Å². The van der Waals surface area contributed by atoms with Crippen molar-refractivity contribution >= 4 is 17.6 Å². The van der Waals surface area contributed by atoms with Crippen molar-refractivity contribution in [2.24, 2.45) is 0 Å². The van der Waals surface area contributed by atoms with Crippen molar-refractivity contribution in [1.82, 2.24) is 19.9 Å². The average molecular weight is 371 g/mol. The maximum absolute atomic E-state index is 13.0. The molecular weight excluding hydrogens is 346 g/mol. The summed E-state index contributed by atoms with van der Waals surface area (Å²) in [7, 11) is 1.34. The summed E-state index contributed by atoms with van der Waals surface area (Å²) in [6.45, 7) is 8.55. The monoisotopic (exact) mass is 371 g/mol. The zero-order valence-electron chi connectivity index (χ0n) is 16.2. The van der Waals surface area contributed by atoms with E-state index in [1.54, 1.807) is 32.4 Å². The number of esters is 1. The Morgan fingerprint density at radius 3 is 2.48 bits per heavy atom. The number of aryl methyl sites for hydroxylation is 1. The lowest BCUT2D eigenvalue weighted by molar-refractivity contribution is 0.0599. The van der Waals surface area contributed by atoms with Crippen LogP contribution >= 0.6 is 0 Å². The first-order chi connectivity index (χ1) is 12.9. The van der Waals surface area contributed by atoms with Gasteiger partial charge in [-0.15, -0.1) is 0 Å². The van der Waals surface area contributed by atoms with Gasteiger partial charge in [0.05, 0.1) is 30.6 Å². The van der Waals surface area contributed by atoms with Crippen molar-refractivity contribution in [2.45, 2.75) is 26.8 Å². The normalized spacial score (nSPS) is 16.2.